The molecule has 1 heterocycles. The average molecular weight is 434 g/mol. The highest BCUT2D eigenvalue weighted by Crippen LogP contribution is 2.25. The molecule has 1 aromatic heterocycles. The molecule has 0 bridgehead atoms. The number of esters is 1. The number of anilines is 1. The maximum Gasteiger partial charge on any atom is 0.310 e. The number of ether oxygens (including phenoxy) is 1. The van der Waals surface area contributed by atoms with Crippen LogP contribution in [0.2, 0.25) is 0 Å². The number of aryl methyl sites for hydroxylation is 2. The SMILES string of the molecule is Cc1cc2occ(CC(=O)OCC(=O)Nc3ccc(Br)cc3F)c2cc1C. The Balaban J connectivity index is 1.58. The molecule has 140 valence electrons. The van der Waals surface area contributed by atoms with Crippen molar-refractivity contribution in [2.24, 2.45) is 0 Å². The Morgan fingerprint density at radius 1 is 1.19 bits per heavy atom. The van der Waals surface area contributed by atoms with E-state index in [1.807, 2.05) is 26.0 Å². The van der Waals surface area contributed by atoms with Gasteiger partial charge in [0, 0.05) is 15.4 Å². The number of nitrogens with one attached hydrogen (secondary N) is 1. The summed E-state index contributed by atoms with van der Waals surface area (Å²) in [6.45, 7) is 3.47. The number of hydrogen-bond donors (Lipinski definition) is 1. The van der Waals surface area contributed by atoms with Crippen LogP contribution in [0.4, 0.5) is 10.1 Å². The Morgan fingerprint density at radius 2 is 1.93 bits per heavy atom. The maximum atomic E-state index is 13.7. The molecule has 1 amide bonds. The molecule has 0 unspecified atom stereocenters. The van der Waals surface area contributed by atoms with Gasteiger partial charge in [0.15, 0.2) is 6.61 Å². The fraction of sp³-hybridized carbons (Fsp3) is 0.200. The highest BCUT2D eigenvalue weighted by Gasteiger charge is 2.15. The molecule has 0 aliphatic carbocycles. The lowest BCUT2D eigenvalue weighted by Gasteiger charge is -2.07. The normalized spacial score (nSPS) is 10.8. The van der Waals surface area contributed by atoms with Crippen molar-refractivity contribution in [3.63, 3.8) is 0 Å². The van der Waals surface area contributed by atoms with Crippen LogP contribution in [0, 0.1) is 19.7 Å². The molecule has 3 aromatic rings. The summed E-state index contributed by atoms with van der Waals surface area (Å²) in [7, 11) is 0. The minimum atomic E-state index is -0.618. The lowest BCUT2D eigenvalue weighted by Crippen LogP contribution is -2.22. The van der Waals surface area contributed by atoms with Gasteiger partial charge in [-0.05, 0) is 55.3 Å². The Bertz CT molecular complexity index is 1030. The van der Waals surface area contributed by atoms with Crippen molar-refractivity contribution in [2.45, 2.75) is 20.3 Å². The summed E-state index contributed by atoms with van der Waals surface area (Å²) in [5.41, 5.74) is 3.60. The third-order valence-corrected chi connectivity index (χ3v) is 4.67. The second kappa shape index (κ2) is 7.92. The number of carbonyl (C=O) groups excluding carboxylic acids is 2. The minimum absolute atomic E-state index is 0.0184. The topological polar surface area (TPSA) is 68.5 Å². The monoisotopic (exact) mass is 433 g/mol. The van der Waals surface area contributed by atoms with Crippen LogP contribution in [0.5, 0.6) is 0 Å². The first-order chi connectivity index (χ1) is 12.8. The summed E-state index contributed by atoms with van der Waals surface area (Å²) in [6.07, 6.45) is 1.50. The van der Waals surface area contributed by atoms with Crippen molar-refractivity contribution in [3.05, 3.63) is 63.6 Å². The number of rotatable bonds is 5. The van der Waals surface area contributed by atoms with Gasteiger partial charge in [0.05, 0.1) is 18.4 Å². The van der Waals surface area contributed by atoms with Crippen LogP contribution in [0.1, 0.15) is 16.7 Å². The molecule has 2 aromatic carbocycles. The third kappa shape index (κ3) is 4.54. The Hall–Kier alpha value is -2.67. The lowest BCUT2D eigenvalue weighted by atomic mass is 10.0. The molecule has 0 fully saturated rings. The molecule has 0 saturated carbocycles. The van der Waals surface area contributed by atoms with Crippen LogP contribution in [-0.4, -0.2) is 18.5 Å². The highest BCUT2D eigenvalue weighted by molar-refractivity contribution is 9.10. The summed E-state index contributed by atoms with van der Waals surface area (Å²) in [4.78, 5) is 23.9. The summed E-state index contributed by atoms with van der Waals surface area (Å²) in [5, 5.41) is 3.21. The Labute approximate surface area is 163 Å². The Kier molecular flexibility index (Phi) is 5.60. The van der Waals surface area contributed by atoms with E-state index in [2.05, 4.69) is 21.2 Å². The summed E-state index contributed by atoms with van der Waals surface area (Å²) < 4.78 is 24.7. The number of carbonyl (C=O) groups is 2. The van der Waals surface area contributed by atoms with Crippen molar-refractivity contribution in [2.75, 3.05) is 11.9 Å². The molecule has 27 heavy (non-hydrogen) atoms. The van der Waals surface area contributed by atoms with Crippen LogP contribution < -0.4 is 5.32 Å². The molecule has 0 radical (unpaired) electrons. The predicted octanol–water partition coefficient (Wildman–Crippen LogP) is 4.68. The van der Waals surface area contributed by atoms with Crippen molar-refractivity contribution < 1.29 is 23.1 Å². The van der Waals surface area contributed by atoms with Crippen LogP contribution >= 0.6 is 15.9 Å². The highest BCUT2D eigenvalue weighted by atomic mass is 79.9. The van der Waals surface area contributed by atoms with Crippen molar-refractivity contribution in [1.29, 1.82) is 0 Å². The zero-order chi connectivity index (χ0) is 19.6. The summed E-state index contributed by atoms with van der Waals surface area (Å²) in [6, 6.07) is 8.12. The lowest BCUT2D eigenvalue weighted by molar-refractivity contribution is -0.146. The molecular formula is C20H17BrFNO4. The zero-order valence-corrected chi connectivity index (χ0v) is 16.4. The van der Waals surface area contributed by atoms with E-state index in [0.717, 1.165) is 16.5 Å². The molecular weight excluding hydrogens is 417 g/mol. The molecule has 0 spiro atoms. The summed E-state index contributed by atoms with van der Waals surface area (Å²) >= 11 is 3.14. The van der Waals surface area contributed by atoms with Crippen LogP contribution in [0.3, 0.4) is 0 Å². The van der Waals surface area contributed by atoms with Crippen LogP contribution in [0.15, 0.2) is 45.5 Å². The number of amides is 1. The van der Waals surface area contributed by atoms with Gasteiger partial charge in [0.1, 0.15) is 11.4 Å². The van der Waals surface area contributed by atoms with E-state index in [1.54, 1.807) is 6.07 Å². The summed E-state index contributed by atoms with van der Waals surface area (Å²) in [5.74, 6) is -1.77. The van der Waals surface area contributed by atoms with E-state index in [1.165, 1.54) is 18.4 Å². The van der Waals surface area contributed by atoms with E-state index in [0.29, 0.717) is 15.6 Å². The van der Waals surface area contributed by atoms with Crippen LogP contribution in [-0.2, 0) is 20.7 Å². The smallest absolute Gasteiger partial charge is 0.310 e. The number of hydrogen-bond acceptors (Lipinski definition) is 4. The molecule has 1 N–H and O–H groups in total. The molecule has 0 saturated heterocycles. The van der Waals surface area contributed by atoms with Gasteiger partial charge in [-0.25, -0.2) is 4.39 Å². The molecule has 3 rings (SSSR count). The van der Waals surface area contributed by atoms with Gasteiger partial charge in [-0.2, -0.15) is 0 Å². The molecule has 7 heteroatoms. The first kappa shape index (κ1) is 19.1. The first-order valence-corrected chi connectivity index (χ1v) is 9.00. The van der Waals surface area contributed by atoms with E-state index in [4.69, 9.17) is 9.15 Å². The largest absolute Gasteiger partial charge is 0.464 e. The number of furan rings is 1. The molecule has 0 aliphatic rings. The van der Waals surface area contributed by atoms with Gasteiger partial charge in [-0.3, -0.25) is 9.59 Å². The third-order valence-electron chi connectivity index (χ3n) is 4.17. The second-order valence-electron chi connectivity index (χ2n) is 6.20. The number of fused-ring (bicyclic) bond motifs is 1. The molecule has 0 aliphatic heterocycles. The molecule has 5 nitrogen and oxygen atoms in total. The Morgan fingerprint density at radius 3 is 2.67 bits per heavy atom. The first-order valence-electron chi connectivity index (χ1n) is 8.21. The van der Waals surface area contributed by atoms with Gasteiger partial charge in [-0.15, -0.1) is 0 Å². The van der Waals surface area contributed by atoms with Gasteiger partial charge in [-0.1, -0.05) is 15.9 Å². The second-order valence-corrected chi connectivity index (χ2v) is 7.12. The minimum Gasteiger partial charge on any atom is -0.464 e. The van der Waals surface area contributed by atoms with Gasteiger partial charge in [0.25, 0.3) is 5.91 Å². The predicted molar refractivity (Wildman–Crippen MR) is 103 cm³/mol. The van der Waals surface area contributed by atoms with Gasteiger partial charge < -0.3 is 14.5 Å². The number of benzene rings is 2. The fourth-order valence-corrected chi connectivity index (χ4v) is 2.94. The molecule has 0 atom stereocenters. The number of halogens is 2. The quantitative estimate of drug-likeness (QED) is 0.593. The van der Waals surface area contributed by atoms with Crippen molar-refractivity contribution in [3.8, 4) is 0 Å². The van der Waals surface area contributed by atoms with E-state index < -0.39 is 24.3 Å². The van der Waals surface area contributed by atoms with Gasteiger partial charge in [0.2, 0.25) is 0 Å². The maximum absolute atomic E-state index is 13.7. The van der Waals surface area contributed by atoms with E-state index in [-0.39, 0.29) is 12.1 Å². The van der Waals surface area contributed by atoms with Crippen molar-refractivity contribution >= 4 is 44.5 Å². The van der Waals surface area contributed by atoms with Gasteiger partial charge >= 0.3 is 5.97 Å². The zero-order valence-electron chi connectivity index (χ0n) is 14.8. The average Bonchev–Trinajstić information content (AvgIpc) is 2.98. The van der Waals surface area contributed by atoms with E-state index >= 15 is 0 Å². The van der Waals surface area contributed by atoms with Crippen LogP contribution in [0.25, 0.3) is 11.0 Å². The standard InChI is InChI=1S/C20H17BrFNO4/c1-11-5-15-13(9-26-18(15)6-12(11)2)7-20(25)27-10-19(24)23-17-4-3-14(21)8-16(17)22/h3-6,8-9H,7,10H2,1-2H3,(H,23,24). The fourth-order valence-electron chi connectivity index (χ4n) is 2.60. The van der Waals surface area contributed by atoms with Crippen molar-refractivity contribution in [1.82, 2.24) is 0 Å². The van der Waals surface area contributed by atoms with E-state index in [9.17, 15) is 14.0 Å².